The highest BCUT2D eigenvalue weighted by Gasteiger charge is 2.25. The van der Waals surface area contributed by atoms with E-state index in [1.807, 2.05) is 17.0 Å². The van der Waals surface area contributed by atoms with E-state index in [0.717, 1.165) is 52.4 Å². The second-order valence-corrected chi connectivity index (χ2v) is 6.71. The van der Waals surface area contributed by atoms with Gasteiger partial charge in [0, 0.05) is 22.2 Å². The van der Waals surface area contributed by atoms with Crippen molar-refractivity contribution in [3.05, 3.63) is 23.2 Å². The van der Waals surface area contributed by atoms with Crippen LogP contribution in [0.5, 0.6) is 0 Å². The molecule has 2 N–H and O–H groups in total. The highest BCUT2D eigenvalue weighted by atomic mass is 32.1. The SMILES string of the molecule is Cc1csc2cc3c(cnn3C3CCCCO3)c(B(O)O)c12. The molecule has 0 bridgehead atoms. The molecule has 5 nitrogen and oxygen atoms in total. The van der Waals surface area contributed by atoms with Gasteiger partial charge in [-0.1, -0.05) is 0 Å². The molecule has 1 aliphatic rings. The quantitative estimate of drug-likeness (QED) is 0.709. The number of hydrogen-bond acceptors (Lipinski definition) is 5. The van der Waals surface area contributed by atoms with Crippen LogP contribution >= 0.6 is 11.3 Å². The lowest BCUT2D eigenvalue weighted by Crippen LogP contribution is -2.31. The van der Waals surface area contributed by atoms with Gasteiger partial charge in [0.25, 0.3) is 0 Å². The van der Waals surface area contributed by atoms with Crippen molar-refractivity contribution >= 4 is 44.9 Å². The maximum absolute atomic E-state index is 9.87. The number of nitrogens with zero attached hydrogens (tertiary/aromatic N) is 2. The first-order valence-corrected chi connectivity index (χ1v) is 8.40. The van der Waals surface area contributed by atoms with Crippen LogP contribution in [-0.4, -0.2) is 33.6 Å². The van der Waals surface area contributed by atoms with Crippen LogP contribution in [0, 0.1) is 6.92 Å². The zero-order valence-electron chi connectivity index (χ0n) is 12.3. The number of aromatic nitrogens is 2. The summed E-state index contributed by atoms with van der Waals surface area (Å²) in [6.45, 7) is 2.74. The Balaban J connectivity index is 1.99. The lowest BCUT2D eigenvalue weighted by molar-refractivity contribution is -0.0366. The van der Waals surface area contributed by atoms with E-state index in [1.54, 1.807) is 17.5 Å². The number of benzene rings is 1. The topological polar surface area (TPSA) is 67.5 Å². The summed E-state index contributed by atoms with van der Waals surface area (Å²) >= 11 is 1.61. The number of hydrogen-bond donors (Lipinski definition) is 2. The van der Waals surface area contributed by atoms with E-state index in [0.29, 0.717) is 5.46 Å². The van der Waals surface area contributed by atoms with Crippen molar-refractivity contribution in [2.75, 3.05) is 6.61 Å². The fraction of sp³-hybridized carbons (Fsp3) is 0.400. The van der Waals surface area contributed by atoms with Crippen molar-refractivity contribution in [3.8, 4) is 0 Å². The van der Waals surface area contributed by atoms with E-state index >= 15 is 0 Å². The molecule has 0 saturated carbocycles. The third kappa shape index (κ3) is 2.08. The van der Waals surface area contributed by atoms with Crippen LogP contribution in [-0.2, 0) is 4.74 Å². The summed E-state index contributed by atoms with van der Waals surface area (Å²) in [6.07, 6.45) is 4.81. The first-order valence-electron chi connectivity index (χ1n) is 7.52. The Bertz CT molecular complexity index is 836. The minimum absolute atomic E-state index is 0.0616. The molecular formula is C15H17BN2O3S. The Morgan fingerprint density at radius 3 is 3.00 bits per heavy atom. The minimum atomic E-state index is -1.51. The molecule has 0 radical (unpaired) electrons. The third-order valence-corrected chi connectivity index (χ3v) is 5.40. The minimum Gasteiger partial charge on any atom is -0.423 e. The summed E-state index contributed by atoms with van der Waals surface area (Å²) in [6, 6.07) is 2.08. The largest absolute Gasteiger partial charge is 0.489 e. The molecule has 1 fully saturated rings. The maximum Gasteiger partial charge on any atom is 0.489 e. The van der Waals surface area contributed by atoms with Crippen LogP contribution in [0.3, 0.4) is 0 Å². The molecule has 22 heavy (non-hydrogen) atoms. The molecule has 0 aliphatic carbocycles. The second kappa shape index (κ2) is 5.35. The Morgan fingerprint density at radius 2 is 2.27 bits per heavy atom. The Labute approximate surface area is 132 Å². The predicted molar refractivity (Wildman–Crippen MR) is 88.5 cm³/mol. The molecule has 114 valence electrons. The van der Waals surface area contributed by atoms with Crippen LogP contribution in [0.2, 0.25) is 0 Å². The molecule has 0 spiro atoms. The van der Waals surface area contributed by atoms with Crippen molar-refractivity contribution in [3.63, 3.8) is 0 Å². The van der Waals surface area contributed by atoms with E-state index in [4.69, 9.17) is 4.74 Å². The summed E-state index contributed by atoms with van der Waals surface area (Å²) in [7, 11) is -1.51. The molecule has 1 aromatic carbocycles. The number of ether oxygens (including phenoxy) is 1. The van der Waals surface area contributed by atoms with Gasteiger partial charge < -0.3 is 14.8 Å². The van der Waals surface area contributed by atoms with Gasteiger partial charge in [-0.15, -0.1) is 11.3 Å². The second-order valence-electron chi connectivity index (χ2n) is 5.80. The van der Waals surface area contributed by atoms with Gasteiger partial charge in [0.2, 0.25) is 0 Å². The van der Waals surface area contributed by atoms with Crippen LogP contribution in [0.1, 0.15) is 31.1 Å². The number of thiophene rings is 1. The van der Waals surface area contributed by atoms with Crippen molar-refractivity contribution in [2.24, 2.45) is 0 Å². The van der Waals surface area contributed by atoms with Crippen LogP contribution in [0.25, 0.3) is 21.0 Å². The summed E-state index contributed by atoms with van der Waals surface area (Å²) in [5, 5.41) is 28.0. The van der Waals surface area contributed by atoms with E-state index in [2.05, 4.69) is 11.2 Å². The molecule has 4 rings (SSSR count). The molecule has 7 heteroatoms. The zero-order valence-corrected chi connectivity index (χ0v) is 13.1. The van der Waals surface area contributed by atoms with Gasteiger partial charge >= 0.3 is 7.12 Å². The molecule has 3 heterocycles. The smallest absolute Gasteiger partial charge is 0.423 e. The molecule has 0 amide bonds. The average molecular weight is 316 g/mol. The highest BCUT2D eigenvalue weighted by molar-refractivity contribution is 7.17. The van der Waals surface area contributed by atoms with Crippen LogP contribution < -0.4 is 5.46 Å². The summed E-state index contributed by atoms with van der Waals surface area (Å²) in [4.78, 5) is 0. The predicted octanol–water partition coefficient (Wildman–Crippen LogP) is 1.94. The van der Waals surface area contributed by atoms with Crippen molar-refractivity contribution in [2.45, 2.75) is 32.4 Å². The van der Waals surface area contributed by atoms with Crippen molar-refractivity contribution in [1.82, 2.24) is 9.78 Å². The van der Waals surface area contributed by atoms with Gasteiger partial charge in [0.15, 0.2) is 6.23 Å². The van der Waals surface area contributed by atoms with E-state index < -0.39 is 7.12 Å². The van der Waals surface area contributed by atoms with Crippen molar-refractivity contribution < 1.29 is 14.8 Å². The monoisotopic (exact) mass is 316 g/mol. The third-order valence-electron chi connectivity index (χ3n) is 4.35. The van der Waals surface area contributed by atoms with Gasteiger partial charge in [0.1, 0.15) is 0 Å². The highest BCUT2D eigenvalue weighted by Crippen LogP contribution is 2.31. The maximum atomic E-state index is 9.87. The molecule has 1 unspecified atom stereocenters. The van der Waals surface area contributed by atoms with E-state index in [1.165, 1.54) is 0 Å². The first-order chi connectivity index (χ1) is 10.7. The van der Waals surface area contributed by atoms with Gasteiger partial charge in [-0.05, 0) is 48.6 Å². The van der Waals surface area contributed by atoms with Gasteiger partial charge in [-0.2, -0.15) is 5.10 Å². The fourth-order valence-corrected chi connectivity index (χ4v) is 4.30. The Hall–Kier alpha value is -1.41. The summed E-state index contributed by atoms with van der Waals surface area (Å²) < 4.78 is 8.76. The molecule has 2 aromatic heterocycles. The van der Waals surface area contributed by atoms with Gasteiger partial charge in [0.05, 0.1) is 11.7 Å². The lowest BCUT2D eigenvalue weighted by atomic mass is 9.75. The van der Waals surface area contributed by atoms with Crippen LogP contribution in [0.4, 0.5) is 0 Å². The summed E-state index contributed by atoms with van der Waals surface area (Å²) in [5.41, 5.74) is 2.52. The van der Waals surface area contributed by atoms with Gasteiger partial charge in [-0.25, -0.2) is 4.68 Å². The molecule has 1 atom stereocenters. The Kier molecular flexibility index (Phi) is 3.45. The first kappa shape index (κ1) is 14.2. The molecule has 3 aromatic rings. The molecule has 1 saturated heterocycles. The van der Waals surface area contributed by atoms with E-state index in [9.17, 15) is 10.0 Å². The Morgan fingerprint density at radius 1 is 1.41 bits per heavy atom. The van der Waals surface area contributed by atoms with Crippen LogP contribution in [0.15, 0.2) is 17.6 Å². The standard InChI is InChI=1S/C15H17BN2O3S/c1-9-8-22-12-6-11-10(15(14(9)12)16(19)20)7-17-18(11)13-4-2-3-5-21-13/h6-8,13,19-20H,2-5H2,1H3. The fourth-order valence-electron chi connectivity index (χ4n) is 3.31. The average Bonchev–Trinajstić information content (AvgIpc) is 3.10. The van der Waals surface area contributed by atoms with Gasteiger partial charge in [-0.3, -0.25) is 0 Å². The van der Waals surface area contributed by atoms with Crippen molar-refractivity contribution in [1.29, 1.82) is 0 Å². The number of fused-ring (bicyclic) bond motifs is 2. The van der Waals surface area contributed by atoms with E-state index in [-0.39, 0.29) is 6.23 Å². The number of rotatable bonds is 2. The lowest BCUT2D eigenvalue weighted by Gasteiger charge is -2.23. The molecule has 1 aliphatic heterocycles. The molecular weight excluding hydrogens is 299 g/mol. The normalized spacial score (nSPS) is 19.1. The zero-order chi connectivity index (χ0) is 15.3. The summed E-state index contributed by atoms with van der Waals surface area (Å²) in [5.74, 6) is 0. The number of aryl methyl sites for hydroxylation is 1.